The molecule has 0 saturated heterocycles. The van der Waals surface area contributed by atoms with E-state index < -0.39 is 5.60 Å². The highest BCUT2D eigenvalue weighted by Crippen LogP contribution is 2.67. The molecular weight excluding hydrogens is 388 g/mol. The van der Waals surface area contributed by atoms with Gasteiger partial charge in [-0.2, -0.15) is 0 Å². The molecule has 0 heterocycles. The van der Waals surface area contributed by atoms with E-state index in [1.165, 1.54) is 32.1 Å². The van der Waals surface area contributed by atoms with Gasteiger partial charge in [-0.3, -0.25) is 4.79 Å². The Morgan fingerprint density at radius 3 is 2.31 bits per heavy atom. The van der Waals surface area contributed by atoms with Gasteiger partial charge in [0.2, 0.25) is 0 Å². The van der Waals surface area contributed by atoms with Crippen LogP contribution in [0.25, 0.3) is 0 Å². The summed E-state index contributed by atoms with van der Waals surface area (Å²) >= 11 is 3.44. The van der Waals surface area contributed by atoms with Crippen molar-refractivity contribution in [3.63, 3.8) is 0 Å². The second kappa shape index (κ2) is 6.31. The van der Waals surface area contributed by atoms with Crippen LogP contribution in [-0.4, -0.2) is 21.8 Å². The van der Waals surface area contributed by atoms with Crippen LogP contribution in [0.3, 0.4) is 0 Å². The van der Waals surface area contributed by atoms with Gasteiger partial charge in [0, 0.05) is 5.92 Å². The molecule has 0 aromatic carbocycles. The molecule has 8 atom stereocenters. The van der Waals surface area contributed by atoms with Crippen LogP contribution in [-0.2, 0) is 4.79 Å². The van der Waals surface area contributed by atoms with E-state index in [0.717, 1.165) is 42.9 Å². The molecule has 3 heteroatoms. The molecule has 2 nitrogen and oxygen atoms in total. The lowest BCUT2D eigenvalue weighted by molar-refractivity contribution is -0.149. The Morgan fingerprint density at radius 2 is 1.62 bits per heavy atom. The Hall–Kier alpha value is 0.110. The van der Waals surface area contributed by atoms with Crippen molar-refractivity contribution in [1.82, 2.24) is 0 Å². The number of aliphatic hydroxyl groups is 1. The van der Waals surface area contributed by atoms with Crippen LogP contribution in [0.2, 0.25) is 0 Å². The van der Waals surface area contributed by atoms with Crippen LogP contribution in [0, 0.1) is 46.3 Å². The Bertz CT molecular complexity index is 583. The maximum atomic E-state index is 12.6. The highest BCUT2D eigenvalue weighted by Gasteiger charge is 2.61. The van der Waals surface area contributed by atoms with Gasteiger partial charge in [0.05, 0.1) is 10.9 Å². The SMILES string of the molecule is CC1(C)C[C@@H]2[C@H](CC[C@]3(C)[C@@H](C(=O)CBr)CC[C@@H]23)[C@H]2CC[C@@](C)(O)C[C@@H]21. The smallest absolute Gasteiger partial charge is 0.147 e. The molecule has 148 valence electrons. The first-order valence-electron chi connectivity index (χ1n) is 10.9. The van der Waals surface area contributed by atoms with Crippen molar-refractivity contribution in [3.8, 4) is 0 Å². The van der Waals surface area contributed by atoms with E-state index in [9.17, 15) is 9.90 Å². The zero-order valence-corrected chi connectivity index (χ0v) is 18.6. The van der Waals surface area contributed by atoms with Gasteiger partial charge in [-0.25, -0.2) is 0 Å². The first kappa shape index (κ1) is 19.4. The first-order chi connectivity index (χ1) is 12.1. The molecule has 4 aliphatic rings. The number of carbonyl (C=O) groups is 1. The second-order valence-electron chi connectivity index (χ2n) is 11.4. The van der Waals surface area contributed by atoms with E-state index in [-0.39, 0.29) is 11.3 Å². The molecule has 0 spiro atoms. The number of halogens is 1. The summed E-state index contributed by atoms with van der Waals surface area (Å²) in [6, 6.07) is 0. The number of hydrogen-bond acceptors (Lipinski definition) is 2. The molecule has 4 saturated carbocycles. The van der Waals surface area contributed by atoms with Gasteiger partial charge in [0.25, 0.3) is 0 Å². The van der Waals surface area contributed by atoms with E-state index in [2.05, 4.69) is 43.6 Å². The molecule has 0 bridgehead atoms. The van der Waals surface area contributed by atoms with E-state index in [0.29, 0.717) is 22.4 Å². The number of rotatable bonds is 2. The molecule has 0 radical (unpaired) electrons. The second-order valence-corrected chi connectivity index (χ2v) is 12.0. The maximum absolute atomic E-state index is 12.6. The summed E-state index contributed by atoms with van der Waals surface area (Å²) < 4.78 is 0. The van der Waals surface area contributed by atoms with Crippen LogP contribution >= 0.6 is 15.9 Å². The molecule has 0 amide bonds. The fourth-order valence-corrected chi connectivity index (χ4v) is 8.69. The predicted octanol–water partition coefficient (Wildman–Crippen LogP) is 5.61. The summed E-state index contributed by atoms with van der Waals surface area (Å²) in [5.41, 5.74) is 0.0797. The number of fused-ring (bicyclic) bond motifs is 5. The molecule has 0 aliphatic heterocycles. The predicted molar refractivity (Wildman–Crippen MR) is 109 cm³/mol. The number of Topliss-reactive ketones (excluding diaryl/α,β-unsaturated/α-hetero) is 1. The molecule has 1 N–H and O–H groups in total. The number of ketones is 1. The Kier molecular flexibility index (Phi) is 4.71. The standard InChI is InChI=1S/C23H37BrO2/c1-21(2)11-16-14(15-7-9-22(3,26)12-19(15)21)8-10-23(4)17(16)5-6-18(23)20(25)13-24/h14-19,26H,5-13H2,1-4H3/t14-,15-,16-,17+,18-,19+,22-,23+/m1/s1. The van der Waals surface area contributed by atoms with Gasteiger partial charge >= 0.3 is 0 Å². The van der Waals surface area contributed by atoms with Gasteiger partial charge in [-0.15, -0.1) is 0 Å². The monoisotopic (exact) mass is 424 g/mol. The summed E-state index contributed by atoms with van der Waals surface area (Å²) in [6.07, 6.45) is 9.37. The van der Waals surface area contributed by atoms with Crippen molar-refractivity contribution in [1.29, 1.82) is 0 Å². The van der Waals surface area contributed by atoms with Crippen LogP contribution < -0.4 is 0 Å². The van der Waals surface area contributed by atoms with Gasteiger partial charge in [-0.1, -0.05) is 36.7 Å². The summed E-state index contributed by atoms with van der Waals surface area (Å²) in [5, 5.41) is 11.2. The minimum atomic E-state index is -0.463. The van der Waals surface area contributed by atoms with Gasteiger partial charge in [0.1, 0.15) is 5.78 Å². The lowest BCUT2D eigenvalue weighted by atomic mass is 9.44. The van der Waals surface area contributed by atoms with Crippen molar-refractivity contribution in [2.75, 3.05) is 5.33 Å². The van der Waals surface area contributed by atoms with Crippen molar-refractivity contribution in [2.24, 2.45) is 46.3 Å². The maximum Gasteiger partial charge on any atom is 0.147 e. The zero-order chi connectivity index (χ0) is 18.9. The summed E-state index contributed by atoms with van der Waals surface area (Å²) in [7, 11) is 0. The number of alkyl halides is 1. The molecule has 26 heavy (non-hydrogen) atoms. The van der Waals surface area contributed by atoms with E-state index in [4.69, 9.17) is 0 Å². The summed E-state index contributed by atoms with van der Waals surface area (Å²) in [5.74, 6) is 4.53. The van der Waals surface area contributed by atoms with Crippen LogP contribution in [0.15, 0.2) is 0 Å². The molecule has 0 aromatic heterocycles. The molecule has 4 aliphatic carbocycles. The van der Waals surface area contributed by atoms with Crippen LogP contribution in [0.1, 0.15) is 79.1 Å². The fourth-order valence-electron chi connectivity index (χ4n) is 8.30. The Labute approximate surface area is 168 Å². The third kappa shape index (κ3) is 2.86. The van der Waals surface area contributed by atoms with E-state index in [1.807, 2.05) is 0 Å². The minimum Gasteiger partial charge on any atom is -0.390 e. The minimum absolute atomic E-state index is 0.231. The lowest BCUT2D eigenvalue weighted by Gasteiger charge is -2.61. The van der Waals surface area contributed by atoms with Crippen molar-refractivity contribution in [2.45, 2.75) is 84.7 Å². The third-order valence-corrected chi connectivity index (χ3v) is 10.1. The van der Waals surface area contributed by atoms with Gasteiger partial charge in [0.15, 0.2) is 0 Å². The quantitative estimate of drug-likeness (QED) is 0.584. The summed E-state index contributed by atoms with van der Waals surface area (Å²) in [4.78, 5) is 12.6. The molecule has 4 fully saturated rings. The largest absolute Gasteiger partial charge is 0.390 e. The topological polar surface area (TPSA) is 37.3 Å². The van der Waals surface area contributed by atoms with E-state index in [1.54, 1.807) is 0 Å². The Morgan fingerprint density at radius 1 is 0.923 bits per heavy atom. The lowest BCUT2D eigenvalue weighted by Crippen LogP contribution is -2.56. The Balaban J connectivity index is 1.63. The van der Waals surface area contributed by atoms with Crippen LogP contribution in [0.4, 0.5) is 0 Å². The number of hydrogen-bond donors (Lipinski definition) is 1. The number of carbonyl (C=O) groups excluding carboxylic acids is 1. The average Bonchev–Trinajstić information content (AvgIpc) is 2.91. The van der Waals surface area contributed by atoms with Crippen LogP contribution in [0.5, 0.6) is 0 Å². The summed E-state index contributed by atoms with van der Waals surface area (Å²) in [6.45, 7) is 9.42. The highest BCUT2D eigenvalue weighted by molar-refractivity contribution is 9.09. The third-order valence-electron chi connectivity index (χ3n) is 9.52. The normalized spacial score (nSPS) is 52.7. The van der Waals surface area contributed by atoms with Crippen molar-refractivity contribution >= 4 is 21.7 Å². The van der Waals surface area contributed by atoms with Crippen molar-refractivity contribution < 1.29 is 9.90 Å². The van der Waals surface area contributed by atoms with Crippen molar-refractivity contribution in [3.05, 3.63) is 0 Å². The highest BCUT2D eigenvalue weighted by atomic mass is 79.9. The first-order valence-corrected chi connectivity index (χ1v) is 12.0. The molecule has 0 aromatic rings. The van der Waals surface area contributed by atoms with E-state index >= 15 is 0 Å². The average molecular weight is 425 g/mol. The van der Waals surface area contributed by atoms with Gasteiger partial charge in [-0.05, 0) is 98.7 Å². The zero-order valence-electron chi connectivity index (χ0n) is 17.1. The fraction of sp³-hybridized carbons (Fsp3) is 0.957. The molecular formula is C23H37BrO2. The molecule has 4 rings (SSSR count). The molecule has 0 unspecified atom stereocenters. The van der Waals surface area contributed by atoms with Gasteiger partial charge < -0.3 is 5.11 Å².